The fourth-order valence-corrected chi connectivity index (χ4v) is 2.25. The lowest BCUT2D eigenvalue weighted by Crippen LogP contribution is -2.20. The number of carbonyl (C=O) groups excluding carboxylic acids is 1. The van der Waals surface area contributed by atoms with Crippen LogP contribution in [0.4, 0.5) is 0 Å². The summed E-state index contributed by atoms with van der Waals surface area (Å²) in [5.74, 6) is 0.176. The molecule has 0 saturated carbocycles. The number of ether oxygens (including phenoxy) is 1. The third kappa shape index (κ3) is 5.17. The number of nitrogens with one attached hydrogen (secondary N) is 1. The van der Waals surface area contributed by atoms with Crippen molar-refractivity contribution in [3.8, 4) is 5.75 Å². The fourth-order valence-electron chi connectivity index (χ4n) is 1.89. The Morgan fingerprint density at radius 3 is 2.83 bits per heavy atom. The van der Waals surface area contributed by atoms with E-state index in [-0.39, 0.29) is 12.0 Å². The van der Waals surface area contributed by atoms with Crippen LogP contribution in [0.2, 0.25) is 0 Å². The van der Waals surface area contributed by atoms with Crippen LogP contribution in [0.15, 0.2) is 46.0 Å². The zero-order chi connectivity index (χ0) is 16.8. The summed E-state index contributed by atoms with van der Waals surface area (Å²) in [7, 11) is 0. The zero-order valence-corrected chi connectivity index (χ0v) is 14.8. The van der Waals surface area contributed by atoms with Crippen LogP contribution in [0, 0.1) is 6.92 Å². The zero-order valence-electron chi connectivity index (χ0n) is 13.2. The summed E-state index contributed by atoms with van der Waals surface area (Å²) in [6, 6.07) is 10.9. The molecule has 0 aliphatic heterocycles. The first kappa shape index (κ1) is 17.1. The first-order chi connectivity index (χ1) is 11.0. The number of aromatic nitrogens is 1. The van der Waals surface area contributed by atoms with Gasteiger partial charge in [0, 0.05) is 10.2 Å². The molecule has 1 aromatic carbocycles. The second-order valence-electron chi connectivity index (χ2n) is 5.21. The van der Waals surface area contributed by atoms with Crippen LogP contribution in [0.3, 0.4) is 0 Å². The van der Waals surface area contributed by atoms with Gasteiger partial charge in [0.05, 0.1) is 23.6 Å². The Morgan fingerprint density at radius 1 is 1.35 bits per heavy atom. The Bertz CT molecular complexity index is 730. The number of nitrogens with zero attached hydrogens (tertiary/aromatic N) is 2. The van der Waals surface area contributed by atoms with Gasteiger partial charge in [-0.3, -0.25) is 9.78 Å². The number of aryl methyl sites for hydroxylation is 1. The molecule has 0 saturated heterocycles. The number of halogens is 1. The van der Waals surface area contributed by atoms with Crippen molar-refractivity contribution in [2.75, 3.05) is 0 Å². The lowest BCUT2D eigenvalue weighted by Gasteiger charge is -2.13. The van der Waals surface area contributed by atoms with Crippen LogP contribution in [0.5, 0.6) is 5.75 Å². The molecule has 1 aromatic heterocycles. The molecule has 2 aromatic rings. The third-order valence-electron chi connectivity index (χ3n) is 2.82. The highest BCUT2D eigenvalue weighted by Crippen LogP contribution is 2.24. The molecule has 0 unspecified atom stereocenters. The van der Waals surface area contributed by atoms with E-state index in [4.69, 9.17) is 4.74 Å². The lowest BCUT2D eigenvalue weighted by molar-refractivity contribution is 0.0949. The number of pyridine rings is 1. The van der Waals surface area contributed by atoms with Crippen LogP contribution in [0.25, 0.3) is 0 Å². The molecular weight excluding hydrogens is 358 g/mol. The molecule has 5 nitrogen and oxygen atoms in total. The summed E-state index contributed by atoms with van der Waals surface area (Å²) in [4.78, 5) is 16.6. The third-order valence-corrected chi connectivity index (χ3v) is 3.31. The minimum Gasteiger partial charge on any atom is -0.490 e. The van der Waals surface area contributed by atoms with Crippen molar-refractivity contribution in [1.29, 1.82) is 0 Å². The predicted molar refractivity (Wildman–Crippen MR) is 93.9 cm³/mol. The Labute approximate surface area is 143 Å². The Kier molecular flexibility index (Phi) is 5.87. The number of carbonyl (C=O) groups is 1. The molecule has 1 amide bonds. The van der Waals surface area contributed by atoms with Crippen molar-refractivity contribution in [2.24, 2.45) is 5.10 Å². The van der Waals surface area contributed by atoms with E-state index in [9.17, 15) is 4.79 Å². The summed E-state index contributed by atoms with van der Waals surface area (Å²) in [5.41, 5.74) is 4.48. The highest BCUT2D eigenvalue weighted by Gasteiger charge is 2.13. The summed E-state index contributed by atoms with van der Waals surface area (Å²) in [6.07, 6.45) is 1.48. The first-order valence-corrected chi connectivity index (χ1v) is 7.98. The standard InChI is InChI=1S/C17H18BrN3O2/c1-11(2)23-16-8-7-13(18)9-15(16)17(22)21-19-10-14-6-4-5-12(3)20-14/h4-11H,1-3H3,(H,21,22)/b19-10-. The Balaban J connectivity index is 2.12. The number of benzene rings is 1. The molecule has 23 heavy (non-hydrogen) atoms. The number of hydrogen-bond donors (Lipinski definition) is 1. The first-order valence-electron chi connectivity index (χ1n) is 7.19. The maximum Gasteiger partial charge on any atom is 0.275 e. The molecule has 0 spiro atoms. The van der Waals surface area contributed by atoms with Crippen molar-refractivity contribution in [1.82, 2.24) is 10.4 Å². The summed E-state index contributed by atoms with van der Waals surface area (Å²) in [6.45, 7) is 5.71. The molecule has 0 atom stereocenters. The van der Waals surface area contributed by atoms with Gasteiger partial charge in [0.2, 0.25) is 0 Å². The molecular formula is C17H18BrN3O2. The Morgan fingerprint density at radius 2 is 2.13 bits per heavy atom. The molecule has 0 bridgehead atoms. The van der Waals surface area contributed by atoms with Gasteiger partial charge in [-0.25, -0.2) is 5.43 Å². The summed E-state index contributed by atoms with van der Waals surface area (Å²) >= 11 is 3.36. The quantitative estimate of drug-likeness (QED) is 0.639. The van der Waals surface area contributed by atoms with Crippen LogP contribution >= 0.6 is 15.9 Å². The van der Waals surface area contributed by atoms with Gasteiger partial charge in [0.25, 0.3) is 5.91 Å². The average Bonchev–Trinajstić information content (AvgIpc) is 2.48. The molecule has 120 valence electrons. The number of hydrogen-bond acceptors (Lipinski definition) is 4. The lowest BCUT2D eigenvalue weighted by atomic mass is 10.2. The predicted octanol–water partition coefficient (Wildman–Crippen LogP) is 3.70. The highest BCUT2D eigenvalue weighted by molar-refractivity contribution is 9.10. The van der Waals surface area contributed by atoms with E-state index in [1.54, 1.807) is 12.1 Å². The van der Waals surface area contributed by atoms with Gasteiger partial charge in [-0.05, 0) is 51.1 Å². The van der Waals surface area contributed by atoms with E-state index in [2.05, 4.69) is 31.4 Å². The van der Waals surface area contributed by atoms with E-state index in [0.29, 0.717) is 17.0 Å². The normalized spacial score (nSPS) is 11.0. The van der Waals surface area contributed by atoms with E-state index < -0.39 is 0 Å². The minimum atomic E-state index is -0.342. The smallest absolute Gasteiger partial charge is 0.275 e. The van der Waals surface area contributed by atoms with E-state index in [0.717, 1.165) is 10.2 Å². The number of hydrazone groups is 1. The summed E-state index contributed by atoms with van der Waals surface area (Å²) < 4.78 is 6.45. The van der Waals surface area contributed by atoms with Crippen LogP contribution in [0.1, 0.15) is 35.6 Å². The maximum absolute atomic E-state index is 12.3. The van der Waals surface area contributed by atoms with Gasteiger partial charge in [0.1, 0.15) is 5.75 Å². The van der Waals surface area contributed by atoms with Crippen molar-refractivity contribution >= 4 is 28.1 Å². The van der Waals surface area contributed by atoms with Gasteiger partial charge in [-0.15, -0.1) is 0 Å². The van der Waals surface area contributed by atoms with Crippen molar-refractivity contribution < 1.29 is 9.53 Å². The Hall–Kier alpha value is -2.21. The molecule has 1 heterocycles. The topological polar surface area (TPSA) is 63.6 Å². The monoisotopic (exact) mass is 375 g/mol. The molecule has 2 rings (SSSR count). The number of rotatable bonds is 5. The molecule has 0 aliphatic rings. The van der Waals surface area contributed by atoms with Crippen molar-refractivity contribution in [3.63, 3.8) is 0 Å². The fraction of sp³-hybridized carbons (Fsp3) is 0.235. The minimum absolute atomic E-state index is 0.0253. The van der Waals surface area contributed by atoms with Crippen LogP contribution in [-0.4, -0.2) is 23.2 Å². The highest BCUT2D eigenvalue weighted by atomic mass is 79.9. The second-order valence-corrected chi connectivity index (χ2v) is 6.13. The van der Waals surface area contributed by atoms with E-state index in [1.807, 2.05) is 45.0 Å². The van der Waals surface area contributed by atoms with Gasteiger partial charge in [-0.1, -0.05) is 22.0 Å². The SMILES string of the molecule is Cc1cccc(/C=N\NC(=O)c2cc(Br)ccc2OC(C)C)n1. The molecule has 1 N–H and O–H groups in total. The average molecular weight is 376 g/mol. The van der Waals surface area contributed by atoms with E-state index in [1.165, 1.54) is 6.21 Å². The van der Waals surface area contributed by atoms with E-state index >= 15 is 0 Å². The van der Waals surface area contributed by atoms with Gasteiger partial charge < -0.3 is 4.74 Å². The van der Waals surface area contributed by atoms with Gasteiger partial charge >= 0.3 is 0 Å². The van der Waals surface area contributed by atoms with Crippen molar-refractivity contribution in [3.05, 3.63) is 57.8 Å². The largest absolute Gasteiger partial charge is 0.490 e. The number of amides is 1. The maximum atomic E-state index is 12.3. The van der Waals surface area contributed by atoms with Gasteiger partial charge in [0.15, 0.2) is 0 Å². The molecule has 6 heteroatoms. The summed E-state index contributed by atoms with van der Waals surface area (Å²) in [5, 5.41) is 3.95. The molecule has 0 radical (unpaired) electrons. The molecule has 0 fully saturated rings. The molecule has 0 aliphatic carbocycles. The van der Waals surface area contributed by atoms with Crippen molar-refractivity contribution in [2.45, 2.75) is 26.9 Å². The van der Waals surface area contributed by atoms with Gasteiger partial charge in [-0.2, -0.15) is 5.10 Å². The van der Waals surface area contributed by atoms with Crippen LogP contribution < -0.4 is 10.2 Å². The second kappa shape index (κ2) is 7.87. The van der Waals surface area contributed by atoms with Crippen LogP contribution in [-0.2, 0) is 0 Å².